The van der Waals surface area contributed by atoms with Crippen molar-refractivity contribution in [2.24, 2.45) is 21.6 Å². The summed E-state index contributed by atoms with van der Waals surface area (Å²) in [5, 5.41) is 9.34. The van der Waals surface area contributed by atoms with Crippen LogP contribution in [-0.4, -0.2) is 37.2 Å². The van der Waals surface area contributed by atoms with Gasteiger partial charge in [0.2, 0.25) is 11.9 Å². The van der Waals surface area contributed by atoms with Gasteiger partial charge < -0.3 is 21.3 Å². The summed E-state index contributed by atoms with van der Waals surface area (Å²) in [7, 11) is 0. The third kappa shape index (κ3) is 4.65. The number of carbonyl (C=O) groups excluding carboxylic acids is 1. The molecule has 2 aliphatic heterocycles. The number of nitrogens with one attached hydrogen (secondary N) is 3. The van der Waals surface area contributed by atoms with E-state index in [1.54, 1.807) is 0 Å². The van der Waals surface area contributed by atoms with E-state index in [-0.39, 0.29) is 18.4 Å². The SMILES string of the molecule is CCN1/C(=C(\N)C2=NC(NC(=O)CNCc3ccccc3)=NCC2C)Nc2ccccc21. The highest BCUT2D eigenvalue weighted by atomic mass is 16.2. The molecule has 4 rings (SSSR count). The van der Waals surface area contributed by atoms with Crippen LogP contribution in [0.5, 0.6) is 0 Å². The molecule has 5 N–H and O–H groups in total. The largest absolute Gasteiger partial charge is 0.394 e. The van der Waals surface area contributed by atoms with E-state index in [4.69, 9.17) is 5.73 Å². The van der Waals surface area contributed by atoms with E-state index in [0.717, 1.165) is 35.0 Å². The minimum atomic E-state index is -0.190. The van der Waals surface area contributed by atoms with Gasteiger partial charge in [-0.3, -0.25) is 15.1 Å². The van der Waals surface area contributed by atoms with Crippen molar-refractivity contribution in [2.75, 3.05) is 29.9 Å². The van der Waals surface area contributed by atoms with Crippen LogP contribution in [0.4, 0.5) is 11.4 Å². The van der Waals surface area contributed by atoms with E-state index >= 15 is 0 Å². The molecule has 166 valence electrons. The van der Waals surface area contributed by atoms with Crippen molar-refractivity contribution >= 4 is 29.0 Å². The molecule has 0 aliphatic carbocycles. The molecule has 0 spiro atoms. The van der Waals surface area contributed by atoms with E-state index in [1.807, 2.05) is 55.5 Å². The fraction of sp³-hybridized carbons (Fsp3) is 0.292. The third-order valence-corrected chi connectivity index (χ3v) is 5.48. The zero-order chi connectivity index (χ0) is 22.5. The molecular weight excluding hydrogens is 402 g/mol. The topological polar surface area (TPSA) is 107 Å². The smallest absolute Gasteiger partial charge is 0.240 e. The van der Waals surface area contributed by atoms with Gasteiger partial charge in [0.25, 0.3) is 0 Å². The Morgan fingerprint density at radius 3 is 2.72 bits per heavy atom. The zero-order valence-corrected chi connectivity index (χ0v) is 18.4. The van der Waals surface area contributed by atoms with Crippen LogP contribution in [0.3, 0.4) is 0 Å². The van der Waals surface area contributed by atoms with Crippen molar-refractivity contribution < 1.29 is 4.79 Å². The molecule has 0 aromatic heterocycles. The van der Waals surface area contributed by atoms with E-state index in [0.29, 0.717) is 24.7 Å². The average molecular weight is 432 g/mol. The minimum Gasteiger partial charge on any atom is -0.394 e. The number of para-hydroxylation sites is 2. The number of amides is 1. The average Bonchev–Trinajstić information content (AvgIpc) is 3.19. The number of nitrogens with two attached hydrogens (primary N) is 1. The molecule has 2 aromatic rings. The number of anilines is 2. The second-order valence-corrected chi connectivity index (χ2v) is 7.85. The van der Waals surface area contributed by atoms with Gasteiger partial charge in [-0.25, -0.2) is 4.99 Å². The monoisotopic (exact) mass is 431 g/mol. The van der Waals surface area contributed by atoms with Gasteiger partial charge in [0.1, 0.15) is 5.82 Å². The number of benzene rings is 2. The lowest BCUT2D eigenvalue weighted by Gasteiger charge is -2.24. The van der Waals surface area contributed by atoms with Crippen LogP contribution in [0.1, 0.15) is 19.4 Å². The first-order valence-electron chi connectivity index (χ1n) is 10.9. The quantitative estimate of drug-likeness (QED) is 0.562. The molecule has 2 heterocycles. The van der Waals surface area contributed by atoms with Gasteiger partial charge in [-0.2, -0.15) is 0 Å². The van der Waals surface area contributed by atoms with Crippen LogP contribution < -0.4 is 26.6 Å². The Balaban J connectivity index is 1.44. The molecule has 8 heteroatoms. The number of hydrogen-bond acceptors (Lipinski definition) is 7. The van der Waals surface area contributed by atoms with Crippen molar-refractivity contribution in [1.82, 2.24) is 10.6 Å². The Hall–Kier alpha value is -3.65. The maximum absolute atomic E-state index is 12.4. The molecule has 2 aromatic carbocycles. The fourth-order valence-electron chi connectivity index (χ4n) is 3.84. The van der Waals surface area contributed by atoms with Crippen LogP contribution in [0, 0.1) is 5.92 Å². The number of aliphatic imine (C=N–C) groups is 2. The molecule has 0 saturated carbocycles. The number of nitrogens with zero attached hydrogens (tertiary/aromatic N) is 3. The number of allylic oxidation sites excluding steroid dienone is 1. The molecule has 0 saturated heterocycles. The van der Waals surface area contributed by atoms with E-state index in [9.17, 15) is 4.79 Å². The molecule has 1 unspecified atom stereocenters. The minimum absolute atomic E-state index is 0.0450. The maximum Gasteiger partial charge on any atom is 0.240 e. The molecule has 0 bridgehead atoms. The Kier molecular flexibility index (Phi) is 6.51. The number of guanidine groups is 1. The van der Waals surface area contributed by atoms with Crippen molar-refractivity contribution in [2.45, 2.75) is 20.4 Å². The third-order valence-electron chi connectivity index (χ3n) is 5.48. The van der Waals surface area contributed by atoms with Crippen molar-refractivity contribution in [3.8, 4) is 0 Å². The van der Waals surface area contributed by atoms with Crippen molar-refractivity contribution in [3.05, 3.63) is 71.7 Å². The predicted octanol–water partition coefficient (Wildman–Crippen LogP) is 2.42. The highest BCUT2D eigenvalue weighted by molar-refractivity contribution is 6.12. The second-order valence-electron chi connectivity index (χ2n) is 7.85. The van der Waals surface area contributed by atoms with E-state index < -0.39 is 0 Å². The lowest BCUT2D eigenvalue weighted by Crippen LogP contribution is -2.40. The Morgan fingerprint density at radius 2 is 1.94 bits per heavy atom. The first kappa shape index (κ1) is 21.6. The van der Waals surface area contributed by atoms with Crippen LogP contribution in [-0.2, 0) is 11.3 Å². The Morgan fingerprint density at radius 1 is 1.19 bits per heavy atom. The van der Waals surface area contributed by atoms with Gasteiger partial charge in [-0.05, 0) is 24.6 Å². The molecule has 1 amide bonds. The maximum atomic E-state index is 12.4. The van der Waals surface area contributed by atoms with Gasteiger partial charge in [-0.15, -0.1) is 0 Å². The Labute approximate surface area is 188 Å². The van der Waals surface area contributed by atoms with Crippen LogP contribution in [0.25, 0.3) is 0 Å². The summed E-state index contributed by atoms with van der Waals surface area (Å²) >= 11 is 0. The normalized spacial score (nSPS) is 18.9. The summed E-state index contributed by atoms with van der Waals surface area (Å²) < 4.78 is 0. The molecule has 1 atom stereocenters. The van der Waals surface area contributed by atoms with Crippen LogP contribution in [0.2, 0.25) is 0 Å². The number of hydrogen-bond donors (Lipinski definition) is 4. The second kappa shape index (κ2) is 9.65. The summed E-state index contributed by atoms with van der Waals surface area (Å²) in [6.45, 7) is 6.19. The number of fused-ring (bicyclic) bond motifs is 1. The van der Waals surface area contributed by atoms with E-state index in [2.05, 4.69) is 43.8 Å². The molecule has 0 fully saturated rings. The summed E-state index contributed by atoms with van der Waals surface area (Å²) in [6, 6.07) is 18.0. The summed E-state index contributed by atoms with van der Waals surface area (Å²) in [5.74, 6) is 0.969. The fourth-order valence-corrected chi connectivity index (χ4v) is 3.84. The van der Waals surface area contributed by atoms with Gasteiger partial charge in [0.15, 0.2) is 0 Å². The highest BCUT2D eigenvalue weighted by Gasteiger charge is 2.29. The first-order valence-corrected chi connectivity index (χ1v) is 10.9. The molecular formula is C24H29N7O. The van der Waals surface area contributed by atoms with Crippen LogP contribution in [0.15, 0.2) is 76.1 Å². The predicted molar refractivity (Wildman–Crippen MR) is 129 cm³/mol. The van der Waals surface area contributed by atoms with E-state index in [1.165, 1.54) is 0 Å². The van der Waals surface area contributed by atoms with Crippen molar-refractivity contribution in [3.63, 3.8) is 0 Å². The first-order chi connectivity index (χ1) is 15.6. The summed E-state index contributed by atoms with van der Waals surface area (Å²) in [4.78, 5) is 23.5. The van der Waals surface area contributed by atoms with Gasteiger partial charge >= 0.3 is 0 Å². The van der Waals surface area contributed by atoms with Gasteiger partial charge in [0, 0.05) is 19.0 Å². The number of carbonyl (C=O) groups is 1. The molecule has 32 heavy (non-hydrogen) atoms. The standard InChI is InChI=1S/C24H29N7O/c1-3-31-19-12-8-7-11-18(19)28-23(31)21(25)22-16(2)13-27-24(30-22)29-20(32)15-26-14-17-9-5-4-6-10-17/h4-12,16,26,28H,3,13-15,25H2,1-2H3,(H,27,29,32)/b23-21-. The Bertz CT molecular complexity index is 1070. The lowest BCUT2D eigenvalue weighted by atomic mass is 10.0. The number of rotatable bonds is 6. The molecule has 2 aliphatic rings. The van der Waals surface area contributed by atoms with Gasteiger partial charge in [0.05, 0.1) is 35.9 Å². The van der Waals surface area contributed by atoms with Crippen molar-refractivity contribution in [1.29, 1.82) is 0 Å². The molecule has 8 nitrogen and oxygen atoms in total. The zero-order valence-electron chi connectivity index (χ0n) is 18.4. The molecule has 0 radical (unpaired) electrons. The van der Waals surface area contributed by atoms with Crippen LogP contribution >= 0.6 is 0 Å². The summed E-state index contributed by atoms with van der Waals surface area (Å²) in [6.07, 6.45) is 0. The lowest BCUT2D eigenvalue weighted by molar-refractivity contribution is -0.118. The highest BCUT2D eigenvalue weighted by Crippen LogP contribution is 2.36. The summed E-state index contributed by atoms with van der Waals surface area (Å²) in [5.41, 5.74) is 11.1. The van der Waals surface area contributed by atoms with Gasteiger partial charge in [-0.1, -0.05) is 49.4 Å².